The van der Waals surface area contributed by atoms with E-state index in [1.54, 1.807) is 0 Å². The molecule has 5 heteroatoms. The molecule has 0 fully saturated rings. The number of thioether (sulfide) groups is 1. The third kappa shape index (κ3) is 4.66. The molecule has 0 aliphatic rings. The zero-order valence-electron chi connectivity index (χ0n) is 5.82. The van der Waals surface area contributed by atoms with E-state index in [0.717, 1.165) is 11.8 Å². The van der Waals surface area contributed by atoms with Crippen molar-refractivity contribution < 1.29 is 19.8 Å². The summed E-state index contributed by atoms with van der Waals surface area (Å²) in [5.74, 6) is -1.83. The average Bonchev–Trinajstić information content (AvgIpc) is 1.86. The van der Waals surface area contributed by atoms with Crippen LogP contribution >= 0.6 is 11.8 Å². The number of aliphatic carboxylic acids is 2. The molecular formula is C6H9O4S. The Morgan fingerprint density at radius 1 is 1.45 bits per heavy atom. The van der Waals surface area contributed by atoms with E-state index in [0.29, 0.717) is 5.75 Å². The van der Waals surface area contributed by atoms with E-state index in [9.17, 15) is 9.59 Å². The van der Waals surface area contributed by atoms with Gasteiger partial charge in [0.2, 0.25) is 0 Å². The molecule has 1 unspecified atom stereocenters. The summed E-state index contributed by atoms with van der Waals surface area (Å²) in [7, 11) is 0. The van der Waals surface area contributed by atoms with Gasteiger partial charge in [0.05, 0.1) is 6.42 Å². The normalized spacial score (nSPS) is 12.5. The molecule has 0 bridgehead atoms. The summed E-state index contributed by atoms with van der Waals surface area (Å²) in [4.78, 5) is 20.4. The van der Waals surface area contributed by atoms with Gasteiger partial charge in [-0.3, -0.25) is 9.59 Å². The Balaban J connectivity index is 3.89. The van der Waals surface area contributed by atoms with Gasteiger partial charge in [0.25, 0.3) is 0 Å². The lowest BCUT2D eigenvalue weighted by molar-refractivity contribution is -0.142. The lowest BCUT2D eigenvalue weighted by Gasteiger charge is -2.06. The van der Waals surface area contributed by atoms with Crippen LogP contribution in [0.15, 0.2) is 0 Å². The number of carboxylic acids is 2. The van der Waals surface area contributed by atoms with Crippen molar-refractivity contribution in [3.8, 4) is 0 Å². The first kappa shape index (κ1) is 10.3. The standard InChI is InChI=1S/C6H9O4S/c1-2-11-4(6(9)10)3-5(7)8/h4H,1-3H2,(H,7,8)(H,9,10). The summed E-state index contributed by atoms with van der Waals surface area (Å²) >= 11 is 1.02. The van der Waals surface area contributed by atoms with Gasteiger partial charge in [0.1, 0.15) is 5.25 Å². The maximum atomic E-state index is 10.3. The third-order valence-corrected chi connectivity index (χ3v) is 1.96. The molecule has 0 spiro atoms. The van der Waals surface area contributed by atoms with Crippen LogP contribution in [0.5, 0.6) is 0 Å². The van der Waals surface area contributed by atoms with E-state index in [-0.39, 0.29) is 6.42 Å². The van der Waals surface area contributed by atoms with Crippen LogP contribution in [0.1, 0.15) is 6.42 Å². The summed E-state index contributed by atoms with van der Waals surface area (Å²) in [5.41, 5.74) is 0. The predicted molar refractivity (Wildman–Crippen MR) is 41.5 cm³/mol. The van der Waals surface area contributed by atoms with E-state index in [1.165, 1.54) is 0 Å². The Bertz CT molecular complexity index is 157. The zero-order valence-corrected chi connectivity index (χ0v) is 6.63. The summed E-state index contributed by atoms with van der Waals surface area (Å²) in [6, 6.07) is 0. The Morgan fingerprint density at radius 2 is 2.00 bits per heavy atom. The van der Waals surface area contributed by atoms with Crippen LogP contribution in [0.4, 0.5) is 0 Å². The smallest absolute Gasteiger partial charge is 0.317 e. The maximum Gasteiger partial charge on any atom is 0.317 e. The van der Waals surface area contributed by atoms with Crippen LogP contribution in [-0.2, 0) is 9.59 Å². The Hall–Kier alpha value is -0.710. The molecule has 0 aromatic rings. The second-order valence-corrected chi connectivity index (χ2v) is 3.11. The van der Waals surface area contributed by atoms with Gasteiger partial charge in [-0.2, -0.15) is 0 Å². The minimum Gasteiger partial charge on any atom is -0.481 e. The molecular weight excluding hydrogens is 168 g/mol. The molecule has 0 heterocycles. The first-order chi connectivity index (χ1) is 5.07. The third-order valence-electron chi connectivity index (χ3n) is 0.954. The number of carbonyl (C=O) groups is 2. The van der Waals surface area contributed by atoms with Crippen LogP contribution in [0, 0.1) is 6.92 Å². The fourth-order valence-corrected chi connectivity index (χ4v) is 1.21. The summed E-state index contributed by atoms with van der Waals surface area (Å²) in [6.07, 6.45) is -0.352. The second-order valence-electron chi connectivity index (χ2n) is 1.80. The first-order valence-electron chi connectivity index (χ1n) is 2.93. The SMILES string of the molecule is [CH2]CSC(CC(=O)O)C(=O)O. The van der Waals surface area contributed by atoms with E-state index in [1.807, 2.05) is 0 Å². The van der Waals surface area contributed by atoms with Crippen LogP contribution in [0.25, 0.3) is 0 Å². The molecule has 63 valence electrons. The lowest BCUT2D eigenvalue weighted by atomic mass is 10.3. The highest BCUT2D eigenvalue weighted by Gasteiger charge is 2.19. The minimum absolute atomic E-state index is 0.352. The van der Waals surface area contributed by atoms with Crippen molar-refractivity contribution >= 4 is 23.7 Å². The monoisotopic (exact) mass is 177 g/mol. The van der Waals surface area contributed by atoms with E-state index < -0.39 is 17.2 Å². The molecule has 0 saturated carbocycles. The molecule has 2 N–H and O–H groups in total. The quantitative estimate of drug-likeness (QED) is 0.639. The van der Waals surface area contributed by atoms with E-state index >= 15 is 0 Å². The average molecular weight is 177 g/mol. The Kier molecular flexibility index (Phi) is 4.69. The van der Waals surface area contributed by atoms with Gasteiger partial charge in [-0.05, 0) is 12.7 Å². The van der Waals surface area contributed by atoms with Crippen molar-refractivity contribution in [3.05, 3.63) is 6.92 Å². The van der Waals surface area contributed by atoms with Crippen LogP contribution in [0.2, 0.25) is 0 Å². The molecule has 0 rings (SSSR count). The van der Waals surface area contributed by atoms with E-state index in [4.69, 9.17) is 10.2 Å². The van der Waals surface area contributed by atoms with Crippen LogP contribution in [0.3, 0.4) is 0 Å². The fraction of sp³-hybridized carbons (Fsp3) is 0.500. The Morgan fingerprint density at radius 3 is 2.27 bits per heavy atom. The molecule has 0 amide bonds. The summed E-state index contributed by atoms with van der Waals surface area (Å²) < 4.78 is 0. The molecule has 0 aromatic carbocycles. The Labute approximate surface area is 68.6 Å². The summed E-state index contributed by atoms with van der Waals surface area (Å²) in [5, 5.41) is 15.8. The van der Waals surface area contributed by atoms with Crippen molar-refractivity contribution in [1.82, 2.24) is 0 Å². The van der Waals surface area contributed by atoms with Crippen LogP contribution in [-0.4, -0.2) is 33.2 Å². The topological polar surface area (TPSA) is 74.6 Å². The van der Waals surface area contributed by atoms with Gasteiger partial charge in [0, 0.05) is 0 Å². The number of hydrogen-bond donors (Lipinski definition) is 2. The van der Waals surface area contributed by atoms with Crippen molar-refractivity contribution in [1.29, 1.82) is 0 Å². The molecule has 1 atom stereocenters. The zero-order chi connectivity index (χ0) is 8.85. The summed E-state index contributed by atoms with van der Waals surface area (Å²) in [6.45, 7) is 3.42. The van der Waals surface area contributed by atoms with Gasteiger partial charge in [-0.1, -0.05) is 0 Å². The number of rotatable bonds is 5. The highest BCUT2D eigenvalue weighted by atomic mass is 32.2. The van der Waals surface area contributed by atoms with Crippen molar-refractivity contribution in [2.24, 2.45) is 0 Å². The minimum atomic E-state index is -1.10. The largest absolute Gasteiger partial charge is 0.481 e. The highest BCUT2D eigenvalue weighted by molar-refractivity contribution is 8.00. The van der Waals surface area contributed by atoms with Gasteiger partial charge < -0.3 is 10.2 Å². The predicted octanol–water partition coefficient (Wildman–Crippen LogP) is 0.482. The molecule has 0 aliphatic heterocycles. The molecule has 1 radical (unpaired) electrons. The van der Waals surface area contributed by atoms with Crippen molar-refractivity contribution in [2.45, 2.75) is 11.7 Å². The first-order valence-corrected chi connectivity index (χ1v) is 3.98. The van der Waals surface area contributed by atoms with Crippen molar-refractivity contribution in [3.63, 3.8) is 0 Å². The molecule has 4 nitrogen and oxygen atoms in total. The molecule has 0 aromatic heterocycles. The highest BCUT2D eigenvalue weighted by Crippen LogP contribution is 2.13. The van der Waals surface area contributed by atoms with Gasteiger partial charge in [-0.25, -0.2) is 0 Å². The fourth-order valence-electron chi connectivity index (χ4n) is 0.518. The lowest BCUT2D eigenvalue weighted by Crippen LogP contribution is -2.20. The second kappa shape index (κ2) is 5.01. The van der Waals surface area contributed by atoms with Crippen LogP contribution < -0.4 is 0 Å². The van der Waals surface area contributed by atoms with Gasteiger partial charge >= 0.3 is 11.9 Å². The van der Waals surface area contributed by atoms with E-state index in [2.05, 4.69) is 6.92 Å². The van der Waals surface area contributed by atoms with Crippen molar-refractivity contribution in [2.75, 3.05) is 5.75 Å². The van der Waals surface area contributed by atoms with Gasteiger partial charge in [0.15, 0.2) is 0 Å². The molecule has 11 heavy (non-hydrogen) atoms. The van der Waals surface area contributed by atoms with Gasteiger partial charge in [-0.15, -0.1) is 11.8 Å². The number of hydrogen-bond acceptors (Lipinski definition) is 3. The molecule has 0 saturated heterocycles. The number of carboxylic acid groups (broad SMARTS) is 2. The molecule has 0 aliphatic carbocycles. The maximum absolute atomic E-state index is 10.3.